The van der Waals surface area contributed by atoms with E-state index >= 15 is 0 Å². The van der Waals surface area contributed by atoms with Crippen molar-refractivity contribution in [2.45, 2.75) is 5.92 Å². The van der Waals surface area contributed by atoms with Gasteiger partial charge in [-0.1, -0.05) is 11.6 Å². The summed E-state index contributed by atoms with van der Waals surface area (Å²) in [5, 5.41) is 18.3. The molecule has 0 atom stereocenters. The van der Waals surface area contributed by atoms with E-state index in [9.17, 15) is 18.9 Å². The molecular weight excluding hydrogens is 232 g/mol. The first-order valence-corrected chi connectivity index (χ1v) is 4.19. The number of aliphatic hydroxyl groups excluding tert-OH is 1. The molecule has 0 aliphatic rings. The molecule has 7 heteroatoms. The Morgan fingerprint density at radius 3 is 2.53 bits per heavy atom. The van der Waals surface area contributed by atoms with Gasteiger partial charge in [-0.05, 0) is 12.1 Å². The number of rotatable bonds is 3. The Hall–Kier alpha value is -1.27. The standard InChI is InChI=1S/C8H6ClF2NO3/c9-6-3-5(8(10,11)4-13)1-2-7(6)12(14)15/h1-3,13H,4H2. The van der Waals surface area contributed by atoms with Gasteiger partial charge in [-0.3, -0.25) is 10.1 Å². The average Bonchev–Trinajstić information content (AvgIpc) is 2.17. The van der Waals surface area contributed by atoms with Gasteiger partial charge in [-0.25, -0.2) is 0 Å². The lowest BCUT2D eigenvalue weighted by molar-refractivity contribution is -0.384. The van der Waals surface area contributed by atoms with E-state index in [0.717, 1.165) is 18.2 Å². The minimum atomic E-state index is -3.45. The zero-order valence-electron chi connectivity index (χ0n) is 7.28. The lowest BCUT2D eigenvalue weighted by Gasteiger charge is -2.13. The van der Waals surface area contributed by atoms with Crippen LogP contribution < -0.4 is 0 Å². The topological polar surface area (TPSA) is 63.4 Å². The normalized spacial score (nSPS) is 11.5. The van der Waals surface area contributed by atoms with Gasteiger partial charge in [0.05, 0.1) is 4.92 Å². The molecule has 1 aromatic carbocycles. The number of nitro benzene ring substituents is 1. The highest BCUT2D eigenvalue weighted by Crippen LogP contribution is 2.33. The van der Waals surface area contributed by atoms with E-state index in [4.69, 9.17) is 16.7 Å². The summed E-state index contributed by atoms with van der Waals surface area (Å²) in [4.78, 5) is 9.56. The van der Waals surface area contributed by atoms with Crippen molar-refractivity contribution in [1.82, 2.24) is 0 Å². The van der Waals surface area contributed by atoms with Gasteiger partial charge < -0.3 is 5.11 Å². The fourth-order valence-corrected chi connectivity index (χ4v) is 1.22. The molecule has 0 spiro atoms. The fourth-order valence-electron chi connectivity index (χ4n) is 0.974. The van der Waals surface area contributed by atoms with E-state index in [1.165, 1.54) is 0 Å². The molecule has 0 aliphatic heterocycles. The van der Waals surface area contributed by atoms with Gasteiger partial charge in [0.1, 0.15) is 11.6 Å². The molecule has 0 radical (unpaired) electrons. The number of aliphatic hydroxyl groups is 1. The third kappa shape index (κ3) is 2.40. The summed E-state index contributed by atoms with van der Waals surface area (Å²) < 4.78 is 25.8. The van der Waals surface area contributed by atoms with Crippen molar-refractivity contribution in [2.24, 2.45) is 0 Å². The molecule has 0 bridgehead atoms. The summed E-state index contributed by atoms with van der Waals surface area (Å²) >= 11 is 5.43. The van der Waals surface area contributed by atoms with Crippen molar-refractivity contribution < 1.29 is 18.8 Å². The molecule has 1 aromatic rings. The predicted molar refractivity (Wildman–Crippen MR) is 49.1 cm³/mol. The van der Waals surface area contributed by atoms with Gasteiger partial charge in [0, 0.05) is 11.6 Å². The van der Waals surface area contributed by atoms with Gasteiger partial charge in [0.25, 0.3) is 11.6 Å². The third-order valence-corrected chi connectivity index (χ3v) is 2.07. The SMILES string of the molecule is O=[N+]([O-])c1ccc(C(F)(F)CO)cc1Cl. The first kappa shape index (κ1) is 11.8. The number of hydrogen-bond donors (Lipinski definition) is 1. The Morgan fingerprint density at radius 1 is 1.53 bits per heavy atom. The van der Waals surface area contributed by atoms with Crippen LogP contribution in [0.1, 0.15) is 5.56 Å². The Labute approximate surface area is 88.2 Å². The maximum Gasteiger partial charge on any atom is 0.295 e. The molecule has 82 valence electrons. The quantitative estimate of drug-likeness (QED) is 0.648. The predicted octanol–water partition coefficient (Wildman–Crippen LogP) is 2.33. The lowest BCUT2D eigenvalue weighted by Crippen LogP contribution is -2.18. The maximum atomic E-state index is 12.9. The van der Waals surface area contributed by atoms with Crippen LogP contribution >= 0.6 is 11.6 Å². The van der Waals surface area contributed by atoms with Gasteiger partial charge >= 0.3 is 0 Å². The first-order valence-electron chi connectivity index (χ1n) is 3.81. The van der Waals surface area contributed by atoms with E-state index in [1.807, 2.05) is 0 Å². The van der Waals surface area contributed by atoms with Crippen LogP contribution in [0.25, 0.3) is 0 Å². The van der Waals surface area contributed by atoms with E-state index in [-0.39, 0.29) is 5.02 Å². The number of benzene rings is 1. The second-order valence-corrected chi connectivity index (χ2v) is 3.19. The van der Waals surface area contributed by atoms with E-state index in [0.29, 0.717) is 0 Å². The first-order chi connectivity index (χ1) is 6.88. The van der Waals surface area contributed by atoms with Crippen LogP contribution in [0.5, 0.6) is 0 Å². The molecule has 0 saturated carbocycles. The molecule has 0 heterocycles. The van der Waals surface area contributed by atoms with Crippen LogP contribution in [0.3, 0.4) is 0 Å². The second kappa shape index (κ2) is 4.08. The van der Waals surface area contributed by atoms with Crippen molar-refractivity contribution in [3.8, 4) is 0 Å². The molecule has 0 fully saturated rings. The number of nitrogens with zero attached hydrogens (tertiary/aromatic N) is 1. The van der Waals surface area contributed by atoms with Crippen molar-refractivity contribution >= 4 is 17.3 Å². The molecule has 15 heavy (non-hydrogen) atoms. The van der Waals surface area contributed by atoms with Crippen molar-refractivity contribution in [1.29, 1.82) is 0 Å². The summed E-state index contributed by atoms with van der Waals surface area (Å²) in [6, 6.07) is 2.51. The zero-order chi connectivity index (χ0) is 11.6. The Bertz CT molecular complexity index is 397. The number of alkyl halides is 2. The third-order valence-electron chi connectivity index (χ3n) is 1.77. The highest BCUT2D eigenvalue weighted by molar-refractivity contribution is 6.32. The van der Waals surface area contributed by atoms with Gasteiger partial charge in [-0.2, -0.15) is 8.78 Å². The molecule has 0 saturated heterocycles. The lowest BCUT2D eigenvalue weighted by atomic mass is 10.1. The summed E-state index contributed by atoms with van der Waals surface area (Å²) in [6.45, 7) is -1.37. The summed E-state index contributed by atoms with van der Waals surface area (Å²) in [5.41, 5.74) is -1.00. The Kier molecular flexibility index (Phi) is 3.21. The number of halogens is 3. The van der Waals surface area contributed by atoms with Crippen molar-refractivity contribution in [2.75, 3.05) is 6.61 Å². The minimum absolute atomic E-state index is 0.384. The number of hydrogen-bond acceptors (Lipinski definition) is 3. The minimum Gasteiger partial charge on any atom is -0.390 e. The van der Waals surface area contributed by atoms with Crippen molar-refractivity contribution in [3.63, 3.8) is 0 Å². The fraction of sp³-hybridized carbons (Fsp3) is 0.250. The van der Waals surface area contributed by atoms with Crippen LogP contribution in [-0.4, -0.2) is 16.6 Å². The molecule has 0 aromatic heterocycles. The highest BCUT2D eigenvalue weighted by atomic mass is 35.5. The van der Waals surface area contributed by atoms with E-state index < -0.39 is 28.7 Å². The molecular formula is C8H6ClF2NO3. The van der Waals surface area contributed by atoms with Crippen molar-refractivity contribution in [3.05, 3.63) is 38.9 Å². The molecule has 0 unspecified atom stereocenters. The van der Waals surface area contributed by atoms with Crippen LogP contribution in [0, 0.1) is 10.1 Å². The molecule has 1 N–H and O–H groups in total. The monoisotopic (exact) mass is 237 g/mol. The smallest absolute Gasteiger partial charge is 0.295 e. The largest absolute Gasteiger partial charge is 0.390 e. The second-order valence-electron chi connectivity index (χ2n) is 2.79. The molecule has 1 rings (SSSR count). The molecule has 4 nitrogen and oxygen atoms in total. The van der Waals surface area contributed by atoms with Crippen LogP contribution in [0.15, 0.2) is 18.2 Å². The Morgan fingerprint density at radius 2 is 2.13 bits per heavy atom. The molecule has 0 amide bonds. The van der Waals surface area contributed by atoms with E-state index in [2.05, 4.69) is 0 Å². The van der Waals surface area contributed by atoms with Gasteiger partial charge in [-0.15, -0.1) is 0 Å². The average molecular weight is 238 g/mol. The molecule has 0 aliphatic carbocycles. The van der Waals surface area contributed by atoms with Crippen LogP contribution in [-0.2, 0) is 5.92 Å². The Balaban J connectivity index is 3.18. The zero-order valence-corrected chi connectivity index (χ0v) is 8.04. The van der Waals surface area contributed by atoms with Gasteiger partial charge in [0.2, 0.25) is 0 Å². The van der Waals surface area contributed by atoms with Gasteiger partial charge in [0.15, 0.2) is 0 Å². The van der Waals surface area contributed by atoms with E-state index in [1.54, 1.807) is 0 Å². The summed E-state index contributed by atoms with van der Waals surface area (Å²) in [5.74, 6) is -3.45. The maximum absolute atomic E-state index is 12.9. The van der Waals surface area contributed by atoms with Crippen LogP contribution in [0.4, 0.5) is 14.5 Å². The summed E-state index contributed by atoms with van der Waals surface area (Å²) in [6.07, 6.45) is 0. The van der Waals surface area contributed by atoms with Crippen LogP contribution in [0.2, 0.25) is 5.02 Å². The highest BCUT2D eigenvalue weighted by Gasteiger charge is 2.31. The number of nitro groups is 1. The summed E-state index contributed by atoms with van der Waals surface area (Å²) in [7, 11) is 0.